The van der Waals surface area contributed by atoms with Crippen LogP contribution in [0.25, 0.3) is 0 Å². The van der Waals surface area contributed by atoms with Gasteiger partial charge in [-0.05, 0) is 28.6 Å². The quantitative estimate of drug-likeness (QED) is 0.754. The van der Waals surface area contributed by atoms with Gasteiger partial charge in [-0.1, -0.05) is 6.92 Å². The average Bonchev–Trinajstić information content (AvgIpc) is 2.53. The molecule has 0 aromatic carbocycles. The second-order valence-corrected chi connectivity index (χ2v) is 5.46. The molecule has 0 radical (unpaired) electrons. The van der Waals surface area contributed by atoms with Crippen molar-refractivity contribution in [3.05, 3.63) is 14.2 Å². The van der Waals surface area contributed by atoms with Crippen LogP contribution in [0.2, 0.25) is 0 Å². The zero-order valence-corrected chi connectivity index (χ0v) is 12.4. The Morgan fingerprint density at radius 3 is 2.64 bits per heavy atom. The Labute approximate surface area is 108 Å². The number of aryl methyl sites for hydroxylation is 1. The summed E-state index contributed by atoms with van der Waals surface area (Å²) in [5.74, 6) is -0.350. The number of carbonyl (C=O) groups excluding carboxylic acids is 1. The van der Waals surface area contributed by atoms with Crippen LogP contribution in [0.1, 0.15) is 21.5 Å². The summed E-state index contributed by atoms with van der Waals surface area (Å²) in [5, 5.41) is 0. The molecule has 0 spiro atoms. The lowest BCUT2D eigenvalue weighted by Gasteiger charge is -1.96. The number of hydrogen-bond donors (Lipinski definition) is 0. The molecule has 0 aliphatic rings. The maximum atomic E-state index is 11.3. The number of rotatable bonds is 3. The van der Waals surface area contributed by atoms with E-state index in [1.165, 1.54) is 16.2 Å². The molecular weight excluding hydrogens is 352 g/mol. The van der Waals surface area contributed by atoms with Crippen molar-refractivity contribution in [2.45, 2.75) is 18.2 Å². The van der Waals surface area contributed by atoms with E-state index in [4.69, 9.17) is 0 Å². The van der Waals surface area contributed by atoms with E-state index in [1.54, 1.807) is 11.8 Å². The first-order chi connectivity index (χ1) is 6.65. The van der Waals surface area contributed by atoms with E-state index in [0.717, 1.165) is 15.8 Å². The molecule has 0 amide bonds. The van der Waals surface area contributed by atoms with E-state index >= 15 is 0 Å². The summed E-state index contributed by atoms with van der Waals surface area (Å²) >= 11 is 9.21. The summed E-state index contributed by atoms with van der Waals surface area (Å²) in [5.41, 5.74) is 0. The van der Waals surface area contributed by atoms with Crippen LogP contribution in [0.3, 0.4) is 0 Å². The van der Waals surface area contributed by atoms with Gasteiger partial charge in [0.05, 0.1) is 4.47 Å². The highest BCUT2D eigenvalue weighted by Gasteiger charge is 2.20. The van der Waals surface area contributed by atoms with Crippen LogP contribution in [0.5, 0.6) is 0 Å². The van der Waals surface area contributed by atoms with Gasteiger partial charge in [0.25, 0.3) is 0 Å². The van der Waals surface area contributed by atoms with Gasteiger partial charge in [0.1, 0.15) is 4.88 Å². The van der Waals surface area contributed by atoms with Crippen LogP contribution >= 0.6 is 55.3 Å². The van der Waals surface area contributed by atoms with Gasteiger partial charge in [-0.2, -0.15) is 0 Å². The predicted molar refractivity (Wildman–Crippen MR) is 67.5 cm³/mol. The van der Waals surface area contributed by atoms with Crippen LogP contribution in [-0.2, 0) is 10.2 Å². The Balaban J connectivity index is 3.20. The van der Waals surface area contributed by atoms with Crippen molar-refractivity contribution in [1.29, 1.82) is 0 Å². The number of halogens is 2. The van der Waals surface area contributed by atoms with Gasteiger partial charge in [0, 0.05) is 9.77 Å². The third kappa shape index (κ3) is 2.35. The molecule has 0 saturated heterocycles. The summed E-state index contributed by atoms with van der Waals surface area (Å²) in [6, 6.07) is 0. The largest absolute Gasteiger partial charge is 0.379 e. The molecule has 0 fully saturated rings. The molecule has 1 heterocycles. The van der Waals surface area contributed by atoms with Crippen molar-refractivity contribution in [2.75, 3.05) is 6.26 Å². The molecule has 78 valence electrons. The maximum absolute atomic E-state index is 11.3. The molecule has 0 unspecified atom stereocenters. The van der Waals surface area contributed by atoms with Gasteiger partial charge in [-0.3, -0.25) is 0 Å². The molecule has 14 heavy (non-hydrogen) atoms. The SMILES string of the molecule is CCc1sc(C(=O)OBr)c(Br)c1SC. The van der Waals surface area contributed by atoms with Gasteiger partial charge < -0.3 is 3.83 Å². The summed E-state index contributed by atoms with van der Waals surface area (Å²) in [4.78, 5) is 14.3. The van der Waals surface area contributed by atoms with Crippen molar-refractivity contribution < 1.29 is 8.62 Å². The number of thiophene rings is 1. The van der Waals surface area contributed by atoms with Crippen LogP contribution in [0, 0.1) is 0 Å². The van der Waals surface area contributed by atoms with Gasteiger partial charge in [0.2, 0.25) is 0 Å². The van der Waals surface area contributed by atoms with Crippen LogP contribution in [0.15, 0.2) is 9.37 Å². The van der Waals surface area contributed by atoms with Crippen molar-refractivity contribution in [3.63, 3.8) is 0 Å². The Morgan fingerprint density at radius 2 is 2.29 bits per heavy atom. The molecule has 0 bridgehead atoms. The van der Waals surface area contributed by atoms with Crippen molar-refractivity contribution >= 4 is 61.3 Å². The van der Waals surface area contributed by atoms with Crippen LogP contribution < -0.4 is 0 Å². The van der Waals surface area contributed by atoms with Crippen molar-refractivity contribution in [2.24, 2.45) is 0 Å². The first-order valence-corrected chi connectivity index (χ1v) is 7.31. The van der Waals surface area contributed by atoms with Crippen molar-refractivity contribution in [1.82, 2.24) is 0 Å². The highest BCUT2D eigenvalue weighted by atomic mass is 79.9. The van der Waals surface area contributed by atoms with Crippen LogP contribution in [-0.4, -0.2) is 12.2 Å². The molecular formula is C8H8Br2O2S2. The highest BCUT2D eigenvalue weighted by Crippen LogP contribution is 2.39. The zero-order chi connectivity index (χ0) is 10.7. The molecule has 6 heteroatoms. The van der Waals surface area contributed by atoms with E-state index < -0.39 is 0 Å². The summed E-state index contributed by atoms with van der Waals surface area (Å²) in [6.07, 6.45) is 2.92. The van der Waals surface area contributed by atoms with Gasteiger partial charge >= 0.3 is 5.97 Å². The lowest BCUT2D eigenvalue weighted by molar-refractivity contribution is 0.0786. The summed E-state index contributed by atoms with van der Waals surface area (Å²) in [7, 11) is 0. The van der Waals surface area contributed by atoms with E-state index in [2.05, 4.69) is 42.9 Å². The van der Waals surface area contributed by atoms with Crippen LogP contribution in [0.4, 0.5) is 0 Å². The standard InChI is InChI=1S/C8H8Br2O2S2/c1-3-4-6(13-2)5(9)7(14-4)8(11)12-10/h3H2,1-2H3. The van der Waals surface area contributed by atoms with E-state index in [9.17, 15) is 4.79 Å². The number of thioether (sulfide) groups is 1. The third-order valence-electron chi connectivity index (χ3n) is 1.66. The second kappa shape index (κ2) is 5.53. The lowest BCUT2D eigenvalue weighted by atomic mass is 10.3. The van der Waals surface area contributed by atoms with E-state index in [-0.39, 0.29) is 5.97 Å². The second-order valence-electron chi connectivity index (χ2n) is 2.42. The summed E-state index contributed by atoms with van der Waals surface area (Å²) < 4.78 is 5.36. The molecule has 0 atom stereocenters. The Kier molecular flexibility index (Phi) is 4.96. The first kappa shape index (κ1) is 12.5. The minimum absolute atomic E-state index is 0.350. The summed E-state index contributed by atoms with van der Waals surface area (Å²) in [6.45, 7) is 2.07. The Hall–Kier alpha value is 0.480. The molecule has 0 N–H and O–H groups in total. The maximum Gasteiger partial charge on any atom is 0.361 e. The fraction of sp³-hybridized carbons (Fsp3) is 0.375. The van der Waals surface area contributed by atoms with E-state index in [1.807, 2.05) is 6.26 Å². The minimum atomic E-state index is -0.350. The number of carbonyl (C=O) groups is 1. The molecule has 1 rings (SSSR count). The third-order valence-corrected chi connectivity index (χ3v) is 5.57. The fourth-order valence-corrected chi connectivity index (χ4v) is 4.57. The molecule has 1 aromatic heterocycles. The van der Waals surface area contributed by atoms with Crippen molar-refractivity contribution in [3.8, 4) is 0 Å². The lowest BCUT2D eigenvalue weighted by Crippen LogP contribution is -1.94. The normalized spacial score (nSPS) is 10.3. The van der Waals surface area contributed by atoms with Gasteiger partial charge in [-0.25, -0.2) is 4.79 Å². The Morgan fingerprint density at radius 1 is 1.64 bits per heavy atom. The topological polar surface area (TPSA) is 26.3 Å². The smallest absolute Gasteiger partial charge is 0.361 e. The minimum Gasteiger partial charge on any atom is -0.379 e. The molecule has 2 nitrogen and oxygen atoms in total. The Bertz CT molecular complexity index is 349. The molecule has 1 aromatic rings. The van der Waals surface area contributed by atoms with E-state index in [0.29, 0.717) is 4.88 Å². The van der Waals surface area contributed by atoms with Gasteiger partial charge in [-0.15, -0.1) is 23.1 Å². The monoisotopic (exact) mass is 358 g/mol. The van der Waals surface area contributed by atoms with Gasteiger partial charge in [0.15, 0.2) is 16.3 Å². The first-order valence-electron chi connectivity index (χ1n) is 3.83. The molecule has 0 aliphatic heterocycles. The zero-order valence-electron chi connectivity index (χ0n) is 7.60. The predicted octanol–water partition coefficient (Wildman–Crippen LogP) is 4.26. The fourth-order valence-electron chi connectivity index (χ4n) is 1.04. The molecule has 0 aliphatic carbocycles. The molecule has 0 saturated carbocycles. The highest BCUT2D eigenvalue weighted by molar-refractivity contribution is 9.10. The average molecular weight is 360 g/mol. The number of hydrogen-bond acceptors (Lipinski definition) is 4.